The predicted molar refractivity (Wildman–Crippen MR) is 151 cm³/mol. The third kappa shape index (κ3) is 5.37. The van der Waals surface area contributed by atoms with E-state index in [0.29, 0.717) is 17.7 Å². The Balaban J connectivity index is 0.00000308. The number of halogens is 2. The molecule has 6 rings (SSSR count). The Morgan fingerprint density at radius 1 is 0.744 bits per heavy atom. The molecule has 0 aromatic heterocycles. The van der Waals surface area contributed by atoms with Gasteiger partial charge in [0.25, 0.3) is 0 Å². The summed E-state index contributed by atoms with van der Waals surface area (Å²) in [6, 6.07) is 29.4. The van der Waals surface area contributed by atoms with Crippen LogP contribution in [0, 0.1) is 11.6 Å². The van der Waals surface area contributed by atoms with Crippen molar-refractivity contribution in [3.05, 3.63) is 142 Å². The average Bonchev–Trinajstić information content (AvgIpc) is 3.37. The van der Waals surface area contributed by atoms with Crippen LogP contribution in [0.15, 0.2) is 97.1 Å². The summed E-state index contributed by atoms with van der Waals surface area (Å²) in [4.78, 5) is 18.0. The number of rotatable bonds is 6. The molecule has 1 atom stereocenters. The molecule has 39 heavy (non-hydrogen) atoms. The second-order valence-corrected chi connectivity index (χ2v) is 10.3. The van der Waals surface area contributed by atoms with Gasteiger partial charge in [0.15, 0.2) is 0 Å². The Kier molecular flexibility index (Phi) is 7.89. The first kappa shape index (κ1) is 26.8. The van der Waals surface area contributed by atoms with E-state index in [9.17, 15) is 9.18 Å². The van der Waals surface area contributed by atoms with Crippen LogP contribution in [0.2, 0.25) is 0 Å². The number of carbonyl (C=O) groups is 1. The van der Waals surface area contributed by atoms with Crippen LogP contribution in [0.3, 0.4) is 0 Å². The first-order valence-electron chi connectivity index (χ1n) is 13.2. The van der Waals surface area contributed by atoms with Gasteiger partial charge in [-0.2, -0.15) is 0 Å². The largest absolute Gasteiger partial charge is 0.333 e. The SMILES string of the molecule is C.O=C(CN1CCc2ccccc2[C@@H]1c1ccccc1F)N(Cc1ccccc1F)C1Cc2ccccc2C1. The van der Waals surface area contributed by atoms with Crippen molar-refractivity contribution in [1.29, 1.82) is 0 Å². The predicted octanol–water partition coefficient (Wildman–Crippen LogP) is 6.74. The molecule has 1 aliphatic carbocycles. The monoisotopic (exact) mass is 524 g/mol. The van der Waals surface area contributed by atoms with E-state index in [4.69, 9.17) is 0 Å². The van der Waals surface area contributed by atoms with Crippen LogP contribution in [0.1, 0.15) is 46.8 Å². The van der Waals surface area contributed by atoms with Crippen LogP contribution in [-0.4, -0.2) is 34.8 Å². The molecule has 0 bridgehead atoms. The molecular formula is C34H34F2N2O. The van der Waals surface area contributed by atoms with E-state index in [-0.39, 0.29) is 50.1 Å². The Hall–Kier alpha value is -3.83. The van der Waals surface area contributed by atoms with Gasteiger partial charge in [0.1, 0.15) is 11.6 Å². The molecule has 0 radical (unpaired) electrons. The average molecular weight is 525 g/mol. The van der Waals surface area contributed by atoms with E-state index in [2.05, 4.69) is 23.1 Å². The highest BCUT2D eigenvalue weighted by molar-refractivity contribution is 5.79. The molecular weight excluding hydrogens is 490 g/mol. The molecule has 0 unspecified atom stereocenters. The summed E-state index contributed by atoms with van der Waals surface area (Å²) in [7, 11) is 0. The lowest BCUT2D eigenvalue weighted by Crippen LogP contribution is -2.48. The third-order valence-electron chi connectivity index (χ3n) is 8.01. The smallest absolute Gasteiger partial charge is 0.237 e. The van der Waals surface area contributed by atoms with Gasteiger partial charge < -0.3 is 4.90 Å². The van der Waals surface area contributed by atoms with Crippen LogP contribution in [0.4, 0.5) is 8.78 Å². The molecule has 0 saturated heterocycles. The van der Waals surface area contributed by atoms with Gasteiger partial charge in [0.05, 0.1) is 12.6 Å². The van der Waals surface area contributed by atoms with E-state index in [1.807, 2.05) is 47.4 Å². The maximum atomic E-state index is 15.1. The highest BCUT2D eigenvalue weighted by Gasteiger charge is 2.35. The minimum Gasteiger partial charge on any atom is -0.333 e. The first-order valence-corrected chi connectivity index (χ1v) is 13.2. The molecule has 0 spiro atoms. The molecule has 5 heteroatoms. The van der Waals surface area contributed by atoms with E-state index in [0.717, 1.165) is 24.8 Å². The summed E-state index contributed by atoms with van der Waals surface area (Å²) < 4.78 is 29.8. The van der Waals surface area contributed by atoms with Gasteiger partial charge in [0, 0.05) is 30.3 Å². The number of carbonyl (C=O) groups excluding carboxylic acids is 1. The van der Waals surface area contributed by atoms with Crippen LogP contribution < -0.4 is 0 Å². The van der Waals surface area contributed by atoms with E-state index < -0.39 is 0 Å². The summed E-state index contributed by atoms with van der Waals surface area (Å²) in [5, 5.41) is 0. The lowest BCUT2D eigenvalue weighted by molar-refractivity contribution is -0.136. The van der Waals surface area contributed by atoms with Crippen molar-refractivity contribution in [3.63, 3.8) is 0 Å². The Morgan fingerprint density at radius 2 is 1.31 bits per heavy atom. The quantitative estimate of drug-likeness (QED) is 0.279. The maximum absolute atomic E-state index is 15.1. The zero-order chi connectivity index (χ0) is 26.1. The highest BCUT2D eigenvalue weighted by Crippen LogP contribution is 2.36. The highest BCUT2D eigenvalue weighted by atomic mass is 19.1. The molecule has 4 aromatic carbocycles. The van der Waals surface area contributed by atoms with Gasteiger partial charge in [-0.3, -0.25) is 9.69 Å². The first-order chi connectivity index (χ1) is 18.6. The summed E-state index contributed by atoms with van der Waals surface area (Å²) in [6.07, 6.45) is 2.28. The van der Waals surface area contributed by atoms with E-state index in [1.54, 1.807) is 24.3 Å². The number of amides is 1. The summed E-state index contributed by atoms with van der Waals surface area (Å²) in [5.41, 5.74) is 5.76. The molecule has 4 aromatic rings. The van der Waals surface area contributed by atoms with Crippen LogP contribution in [0.5, 0.6) is 0 Å². The van der Waals surface area contributed by atoms with Crippen LogP contribution >= 0.6 is 0 Å². The van der Waals surface area contributed by atoms with E-state index in [1.165, 1.54) is 28.8 Å². The minimum absolute atomic E-state index is 0. The summed E-state index contributed by atoms with van der Waals surface area (Å²) >= 11 is 0. The standard InChI is InChI=1S/C33H30F2N2O.CH4/c34-30-15-7-4-12-26(30)21-37(27-19-24-10-1-2-11-25(24)20-27)32(38)22-36-18-17-23-9-3-5-13-28(23)33(36)29-14-6-8-16-31(29)35;/h1-16,27,33H,17-22H2;1H4/t33-;/m1./s1. The molecule has 0 saturated carbocycles. The summed E-state index contributed by atoms with van der Waals surface area (Å²) in [5.74, 6) is -0.648. The van der Waals surface area contributed by atoms with Crippen LogP contribution in [-0.2, 0) is 30.6 Å². The second-order valence-electron chi connectivity index (χ2n) is 10.3. The number of benzene rings is 4. The third-order valence-corrected chi connectivity index (χ3v) is 8.01. The van der Waals surface area contributed by atoms with E-state index >= 15 is 4.39 Å². The molecule has 1 heterocycles. The van der Waals surface area contributed by atoms with Crippen molar-refractivity contribution in [3.8, 4) is 0 Å². The fourth-order valence-electron chi connectivity index (χ4n) is 6.10. The fourth-order valence-corrected chi connectivity index (χ4v) is 6.10. The lowest BCUT2D eigenvalue weighted by Gasteiger charge is -2.39. The molecule has 2 aliphatic rings. The Morgan fingerprint density at radius 3 is 1.97 bits per heavy atom. The fraction of sp³-hybridized carbons (Fsp3) is 0.265. The van der Waals surface area contributed by atoms with Crippen molar-refractivity contribution < 1.29 is 13.6 Å². The molecule has 3 nitrogen and oxygen atoms in total. The summed E-state index contributed by atoms with van der Waals surface area (Å²) in [6.45, 7) is 0.980. The second kappa shape index (κ2) is 11.5. The zero-order valence-electron chi connectivity index (χ0n) is 21.2. The molecule has 0 N–H and O–H groups in total. The molecule has 1 amide bonds. The molecule has 0 fully saturated rings. The van der Waals surface area contributed by atoms with Crippen molar-refractivity contribution >= 4 is 5.91 Å². The van der Waals surface area contributed by atoms with Crippen molar-refractivity contribution in [2.75, 3.05) is 13.1 Å². The van der Waals surface area contributed by atoms with Gasteiger partial charge in [-0.15, -0.1) is 0 Å². The van der Waals surface area contributed by atoms with Crippen molar-refractivity contribution in [1.82, 2.24) is 9.80 Å². The molecule has 1 aliphatic heterocycles. The maximum Gasteiger partial charge on any atom is 0.237 e. The topological polar surface area (TPSA) is 23.6 Å². The van der Waals surface area contributed by atoms with Gasteiger partial charge in [-0.25, -0.2) is 8.78 Å². The number of nitrogens with zero attached hydrogens (tertiary/aromatic N) is 2. The Labute approximate surface area is 229 Å². The Bertz CT molecular complexity index is 1440. The number of hydrogen-bond donors (Lipinski definition) is 0. The zero-order valence-corrected chi connectivity index (χ0v) is 21.2. The van der Waals surface area contributed by atoms with Gasteiger partial charge in [0.2, 0.25) is 5.91 Å². The number of hydrogen-bond acceptors (Lipinski definition) is 2. The normalized spacial score (nSPS) is 16.7. The van der Waals surface area contributed by atoms with Gasteiger partial charge >= 0.3 is 0 Å². The van der Waals surface area contributed by atoms with Gasteiger partial charge in [-0.1, -0.05) is 92.4 Å². The lowest BCUT2D eigenvalue weighted by atomic mass is 9.88. The van der Waals surface area contributed by atoms with Crippen LogP contribution in [0.25, 0.3) is 0 Å². The molecule has 200 valence electrons. The van der Waals surface area contributed by atoms with Crippen molar-refractivity contribution in [2.45, 2.75) is 45.3 Å². The number of fused-ring (bicyclic) bond motifs is 2. The van der Waals surface area contributed by atoms with Gasteiger partial charge in [-0.05, 0) is 53.6 Å². The van der Waals surface area contributed by atoms with Crippen molar-refractivity contribution in [2.24, 2.45) is 0 Å². The minimum atomic E-state index is -0.360.